The fourth-order valence-corrected chi connectivity index (χ4v) is 2.32. The lowest BCUT2D eigenvalue weighted by molar-refractivity contribution is -0.135. The molecule has 0 spiro atoms. The molecule has 0 atom stereocenters. The van der Waals surface area contributed by atoms with Crippen LogP contribution in [0.15, 0.2) is 17.5 Å². The summed E-state index contributed by atoms with van der Waals surface area (Å²) in [6, 6.07) is 3.50. The van der Waals surface area contributed by atoms with Crippen molar-refractivity contribution in [2.24, 2.45) is 0 Å². The first-order valence-electron chi connectivity index (χ1n) is 6.82. The molecule has 2 N–H and O–H groups in total. The van der Waals surface area contributed by atoms with Gasteiger partial charge in [0.05, 0.1) is 18.0 Å². The van der Waals surface area contributed by atoms with Crippen LogP contribution in [0.2, 0.25) is 0 Å². The van der Waals surface area contributed by atoms with Gasteiger partial charge in [-0.2, -0.15) is 0 Å². The monoisotopic (exact) mass is 311 g/mol. The molecule has 0 bridgehead atoms. The van der Waals surface area contributed by atoms with Crippen molar-refractivity contribution in [3.8, 4) is 0 Å². The average molecular weight is 311 g/mol. The molecular formula is C14H21N3O3S. The highest BCUT2D eigenvalue weighted by Crippen LogP contribution is 2.07. The van der Waals surface area contributed by atoms with E-state index in [0.717, 1.165) is 0 Å². The molecule has 0 radical (unpaired) electrons. The van der Waals surface area contributed by atoms with Crippen molar-refractivity contribution >= 4 is 29.1 Å². The topological polar surface area (TPSA) is 78.5 Å². The van der Waals surface area contributed by atoms with Crippen molar-refractivity contribution in [1.82, 2.24) is 15.5 Å². The molecule has 1 rings (SSSR count). The zero-order valence-corrected chi connectivity index (χ0v) is 13.3. The number of hydrogen-bond donors (Lipinski definition) is 2. The highest BCUT2D eigenvalue weighted by molar-refractivity contribution is 7.12. The smallest absolute Gasteiger partial charge is 0.261 e. The number of amides is 3. The lowest BCUT2D eigenvalue weighted by atomic mass is 10.3. The van der Waals surface area contributed by atoms with Crippen LogP contribution in [0.5, 0.6) is 0 Å². The maximum Gasteiger partial charge on any atom is 0.261 e. The zero-order valence-electron chi connectivity index (χ0n) is 12.5. The Balaban J connectivity index is 2.44. The fraction of sp³-hybridized carbons (Fsp3) is 0.500. The third-order valence-electron chi connectivity index (χ3n) is 2.66. The van der Waals surface area contributed by atoms with Gasteiger partial charge in [-0.05, 0) is 32.2 Å². The number of thiophene rings is 1. The van der Waals surface area contributed by atoms with Gasteiger partial charge in [0.2, 0.25) is 11.8 Å². The summed E-state index contributed by atoms with van der Waals surface area (Å²) in [7, 11) is 0. The molecule has 21 heavy (non-hydrogen) atoms. The second kappa shape index (κ2) is 8.41. The summed E-state index contributed by atoms with van der Waals surface area (Å²) < 4.78 is 0. The molecule has 1 aromatic rings. The van der Waals surface area contributed by atoms with Crippen LogP contribution in [0.1, 0.15) is 30.4 Å². The van der Waals surface area contributed by atoms with Crippen molar-refractivity contribution in [1.29, 1.82) is 0 Å². The van der Waals surface area contributed by atoms with Crippen molar-refractivity contribution in [2.75, 3.05) is 19.6 Å². The van der Waals surface area contributed by atoms with Crippen molar-refractivity contribution < 1.29 is 14.4 Å². The van der Waals surface area contributed by atoms with E-state index in [-0.39, 0.29) is 36.9 Å². The van der Waals surface area contributed by atoms with Crippen LogP contribution in [0.25, 0.3) is 0 Å². The van der Waals surface area contributed by atoms with Crippen LogP contribution in [-0.4, -0.2) is 48.3 Å². The third kappa shape index (κ3) is 5.95. The predicted octanol–water partition coefficient (Wildman–Crippen LogP) is 0.851. The summed E-state index contributed by atoms with van der Waals surface area (Å²) in [5.74, 6) is -0.757. The number of carbonyl (C=O) groups is 3. The molecule has 0 aliphatic carbocycles. The highest BCUT2D eigenvalue weighted by atomic mass is 32.1. The quantitative estimate of drug-likeness (QED) is 0.783. The predicted molar refractivity (Wildman–Crippen MR) is 82.2 cm³/mol. The molecule has 3 amide bonds. The average Bonchev–Trinajstić information content (AvgIpc) is 2.95. The van der Waals surface area contributed by atoms with Gasteiger partial charge in [-0.1, -0.05) is 6.07 Å². The van der Waals surface area contributed by atoms with E-state index in [0.29, 0.717) is 11.4 Å². The van der Waals surface area contributed by atoms with Crippen LogP contribution in [0.4, 0.5) is 0 Å². The standard InChI is InChI=1S/C14H21N3O3S/c1-4-17(9-12(18)16-10(2)3)13(19)8-15-14(20)11-6-5-7-21-11/h5-7,10H,4,8-9H2,1-3H3,(H,15,20)(H,16,18). The highest BCUT2D eigenvalue weighted by Gasteiger charge is 2.17. The molecule has 1 aromatic heterocycles. The van der Waals surface area contributed by atoms with E-state index in [1.165, 1.54) is 16.2 Å². The van der Waals surface area contributed by atoms with Gasteiger partial charge in [0.25, 0.3) is 5.91 Å². The van der Waals surface area contributed by atoms with E-state index in [4.69, 9.17) is 0 Å². The van der Waals surface area contributed by atoms with Gasteiger partial charge in [0.1, 0.15) is 0 Å². The number of hydrogen-bond acceptors (Lipinski definition) is 4. The Morgan fingerprint density at radius 3 is 2.57 bits per heavy atom. The minimum Gasteiger partial charge on any atom is -0.352 e. The van der Waals surface area contributed by atoms with Crippen LogP contribution >= 0.6 is 11.3 Å². The maximum atomic E-state index is 12.0. The molecule has 0 saturated carbocycles. The van der Waals surface area contributed by atoms with Crippen molar-refractivity contribution in [3.63, 3.8) is 0 Å². The summed E-state index contributed by atoms with van der Waals surface area (Å²) in [6.07, 6.45) is 0. The molecule has 0 fully saturated rings. The molecular weight excluding hydrogens is 290 g/mol. The lowest BCUT2D eigenvalue weighted by Crippen LogP contribution is -2.46. The molecule has 1 heterocycles. The Morgan fingerprint density at radius 2 is 2.05 bits per heavy atom. The minimum atomic E-state index is -0.277. The molecule has 0 aliphatic heterocycles. The van der Waals surface area contributed by atoms with Gasteiger partial charge in [0.15, 0.2) is 0 Å². The Kier molecular flexibility index (Phi) is 6.87. The van der Waals surface area contributed by atoms with Gasteiger partial charge >= 0.3 is 0 Å². The largest absolute Gasteiger partial charge is 0.352 e. The normalized spacial score (nSPS) is 10.3. The van der Waals surface area contributed by atoms with E-state index in [2.05, 4.69) is 10.6 Å². The molecule has 0 unspecified atom stereocenters. The Bertz CT molecular complexity index is 486. The molecule has 0 saturated heterocycles. The first-order valence-corrected chi connectivity index (χ1v) is 7.70. The number of rotatable bonds is 7. The summed E-state index contributed by atoms with van der Waals surface area (Å²) in [6.45, 7) is 5.82. The van der Waals surface area contributed by atoms with Crippen molar-refractivity contribution in [3.05, 3.63) is 22.4 Å². The van der Waals surface area contributed by atoms with Gasteiger partial charge in [-0.3, -0.25) is 14.4 Å². The summed E-state index contributed by atoms with van der Waals surface area (Å²) in [5.41, 5.74) is 0. The summed E-state index contributed by atoms with van der Waals surface area (Å²) in [4.78, 5) is 37.4. The first-order chi connectivity index (χ1) is 9.93. The van der Waals surface area contributed by atoms with Gasteiger partial charge in [0, 0.05) is 12.6 Å². The van der Waals surface area contributed by atoms with E-state index < -0.39 is 0 Å². The Labute approximate surface area is 128 Å². The fourth-order valence-electron chi connectivity index (χ4n) is 1.68. The van der Waals surface area contributed by atoms with Gasteiger partial charge in [-0.15, -0.1) is 11.3 Å². The molecule has 0 aliphatic rings. The second-order valence-electron chi connectivity index (χ2n) is 4.79. The molecule has 116 valence electrons. The molecule has 0 aromatic carbocycles. The number of nitrogens with one attached hydrogen (secondary N) is 2. The van der Waals surface area contributed by atoms with Gasteiger partial charge in [-0.25, -0.2) is 0 Å². The summed E-state index contributed by atoms with van der Waals surface area (Å²) >= 11 is 1.31. The first kappa shape index (κ1) is 17.2. The zero-order chi connectivity index (χ0) is 15.8. The third-order valence-corrected chi connectivity index (χ3v) is 3.53. The lowest BCUT2D eigenvalue weighted by Gasteiger charge is -2.21. The van der Waals surface area contributed by atoms with E-state index in [9.17, 15) is 14.4 Å². The number of nitrogens with zero attached hydrogens (tertiary/aromatic N) is 1. The van der Waals surface area contributed by atoms with Crippen molar-refractivity contribution in [2.45, 2.75) is 26.8 Å². The number of likely N-dealkylation sites (N-methyl/N-ethyl adjacent to an activating group) is 1. The van der Waals surface area contributed by atoms with E-state index >= 15 is 0 Å². The summed E-state index contributed by atoms with van der Waals surface area (Å²) in [5, 5.41) is 7.09. The SMILES string of the molecule is CCN(CC(=O)NC(C)C)C(=O)CNC(=O)c1cccs1. The van der Waals surface area contributed by atoms with Crippen LogP contribution in [-0.2, 0) is 9.59 Å². The minimum absolute atomic E-state index is 0.00237. The van der Waals surface area contributed by atoms with Crippen LogP contribution in [0.3, 0.4) is 0 Å². The molecule has 7 heteroatoms. The second-order valence-corrected chi connectivity index (χ2v) is 5.74. The Morgan fingerprint density at radius 1 is 1.33 bits per heavy atom. The van der Waals surface area contributed by atoms with Crippen LogP contribution in [0, 0.1) is 0 Å². The number of carbonyl (C=O) groups excluding carboxylic acids is 3. The van der Waals surface area contributed by atoms with Crippen LogP contribution < -0.4 is 10.6 Å². The van der Waals surface area contributed by atoms with E-state index in [1.54, 1.807) is 24.4 Å². The maximum absolute atomic E-state index is 12.0. The Hall–Kier alpha value is -1.89. The van der Waals surface area contributed by atoms with E-state index in [1.807, 2.05) is 13.8 Å². The molecule has 6 nitrogen and oxygen atoms in total. The van der Waals surface area contributed by atoms with Gasteiger partial charge < -0.3 is 15.5 Å².